The number of carbonyl (C=O) groups excluding carboxylic acids is 1. The molecule has 3 N–H and O–H groups in total. The number of nitrogens with one attached hydrogen (secondary N) is 1. The molecule has 0 unspecified atom stereocenters. The summed E-state index contributed by atoms with van der Waals surface area (Å²) in [4.78, 5) is 16.2. The Morgan fingerprint density at radius 2 is 2.20 bits per heavy atom. The standard InChI is InChI=1S/C14H20N4O2/c1-14(2,12(19)16-3)8-18-11-6-5-9(20-4)7-10(11)17-13(18)15/h5-7H,8H2,1-4H3,(H2,15,17)(H,16,19). The molecular formula is C14H20N4O2. The molecule has 1 heterocycles. The van der Waals surface area contributed by atoms with Gasteiger partial charge in [-0.05, 0) is 26.0 Å². The Bertz CT molecular complexity index is 646. The number of ether oxygens (including phenoxy) is 1. The molecule has 6 nitrogen and oxygen atoms in total. The van der Waals surface area contributed by atoms with Gasteiger partial charge in [-0.3, -0.25) is 4.79 Å². The summed E-state index contributed by atoms with van der Waals surface area (Å²) < 4.78 is 7.02. The number of fused-ring (bicyclic) bond motifs is 1. The van der Waals surface area contributed by atoms with E-state index in [4.69, 9.17) is 10.5 Å². The van der Waals surface area contributed by atoms with Gasteiger partial charge < -0.3 is 20.4 Å². The fourth-order valence-corrected chi connectivity index (χ4v) is 2.23. The van der Waals surface area contributed by atoms with E-state index in [1.807, 2.05) is 36.6 Å². The Hall–Kier alpha value is -2.24. The molecule has 0 saturated carbocycles. The van der Waals surface area contributed by atoms with Crippen LogP contribution in [0, 0.1) is 5.41 Å². The number of nitrogens with two attached hydrogens (primary N) is 1. The second kappa shape index (κ2) is 5.03. The fourth-order valence-electron chi connectivity index (χ4n) is 2.23. The lowest BCUT2D eigenvalue weighted by molar-refractivity contribution is -0.129. The molecule has 0 aliphatic carbocycles. The van der Waals surface area contributed by atoms with E-state index in [9.17, 15) is 4.79 Å². The van der Waals surface area contributed by atoms with Gasteiger partial charge in [0.1, 0.15) is 5.75 Å². The molecule has 0 atom stereocenters. The van der Waals surface area contributed by atoms with Crippen LogP contribution in [0.3, 0.4) is 0 Å². The van der Waals surface area contributed by atoms with Gasteiger partial charge in [0.05, 0.1) is 23.6 Å². The summed E-state index contributed by atoms with van der Waals surface area (Å²) in [6, 6.07) is 5.58. The Balaban J connectivity index is 2.44. The minimum Gasteiger partial charge on any atom is -0.497 e. The van der Waals surface area contributed by atoms with Crippen molar-refractivity contribution in [3.63, 3.8) is 0 Å². The normalized spacial score (nSPS) is 11.6. The predicted molar refractivity (Wildman–Crippen MR) is 78.5 cm³/mol. The Labute approximate surface area is 117 Å². The first-order chi connectivity index (χ1) is 9.39. The van der Waals surface area contributed by atoms with Gasteiger partial charge >= 0.3 is 0 Å². The van der Waals surface area contributed by atoms with Gasteiger partial charge in [0.25, 0.3) is 0 Å². The summed E-state index contributed by atoms with van der Waals surface area (Å²) in [5.41, 5.74) is 7.05. The van der Waals surface area contributed by atoms with Crippen LogP contribution in [0.4, 0.5) is 5.95 Å². The number of carbonyl (C=O) groups is 1. The van der Waals surface area contributed by atoms with E-state index < -0.39 is 5.41 Å². The molecule has 1 amide bonds. The van der Waals surface area contributed by atoms with E-state index in [1.165, 1.54) is 0 Å². The summed E-state index contributed by atoms with van der Waals surface area (Å²) >= 11 is 0. The Kier molecular flexibility index (Phi) is 3.57. The SMILES string of the molecule is CNC(=O)C(C)(C)Cn1c(N)nc2cc(OC)ccc21. The molecule has 0 saturated heterocycles. The van der Waals surface area contributed by atoms with E-state index in [0.717, 1.165) is 16.8 Å². The smallest absolute Gasteiger partial charge is 0.227 e. The first-order valence-electron chi connectivity index (χ1n) is 6.41. The number of anilines is 1. The molecule has 1 aromatic carbocycles. The second-order valence-corrected chi connectivity index (χ2v) is 5.37. The Morgan fingerprint density at radius 1 is 1.50 bits per heavy atom. The van der Waals surface area contributed by atoms with Crippen LogP contribution in [0.2, 0.25) is 0 Å². The summed E-state index contributed by atoms with van der Waals surface area (Å²) in [6.07, 6.45) is 0. The fraction of sp³-hybridized carbons (Fsp3) is 0.429. The monoisotopic (exact) mass is 276 g/mol. The highest BCUT2D eigenvalue weighted by Gasteiger charge is 2.28. The van der Waals surface area contributed by atoms with E-state index in [0.29, 0.717) is 12.5 Å². The van der Waals surface area contributed by atoms with Crippen LogP contribution in [0.1, 0.15) is 13.8 Å². The van der Waals surface area contributed by atoms with Gasteiger partial charge in [-0.25, -0.2) is 4.98 Å². The molecule has 6 heteroatoms. The molecule has 0 aliphatic rings. The van der Waals surface area contributed by atoms with E-state index in [2.05, 4.69) is 10.3 Å². The molecule has 0 fully saturated rings. The number of aromatic nitrogens is 2. The molecule has 20 heavy (non-hydrogen) atoms. The number of methoxy groups -OCH3 is 1. The maximum Gasteiger partial charge on any atom is 0.227 e. The zero-order chi connectivity index (χ0) is 14.9. The summed E-state index contributed by atoms with van der Waals surface area (Å²) in [5.74, 6) is 1.09. The lowest BCUT2D eigenvalue weighted by atomic mass is 9.92. The number of benzene rings is 1. The highest BCUT2D eigenvalue weighted by Crippen LogP contribution is 2.27. The first-order valence-corrected chi connectivity index (χ1v) is 6.41. The highest BCUT2D eigenvalue weighted by molar-refractivity contribution is 5.83. The molecule has 0 bridgehead atoms. The van der Waals surface area contributed by atoms with Gasteiger partial charge in [0.15, 0.2) is 0 Å². The van der Waals surface area contributed by atoms with Crippen molar-refractivity contribution in [3.05, 3.63) is 18.2 Å². The number of hydrogen-bond donors (Lipinski definition) is 2. The molecule has 0 spiro atoms. The molecule has 0 radical (unpaired) electrons. The third kappa shape index (κ3) is 2.41. The van der Waals surface area contributed by atoms with Gasteiger partial charge in [-0.2, -0.15) is 0 Å². The molecule has 2 rings (SSSR count). The van der Waals surface area contributed by atoms with Crippen LogP contribution < -0.4 is 15.8 Å². The van der Waals surface area contributed by atoms with Crippen LogP contribution in [-0.2, 0) is 11.3 Å². The lowest BCUT2D eigenvalue weighted by Crippen LogP contribution is -2.37. The largest absolute Gasteiger partial charge is 0.497 e. The van der Waals surface area contributed by atoms with Gasteiger partial charge in [0, 0.05) is 19.7 Å². The number of amides is 1. The van der Waals surface area contributed by atoms with Crippen LogP contribution in [0.25, 0.3) is 11.0 Å². The van der Waals surface area contributed by atoms with Crippen LogP contribution in [0.15, 0.2) is 18.2 Å². The third-order valence-corrected chi connectivity index (χ3v) is 3.38. The van der Waals surface area contributed by atoms with Crippen LogP contribution in [0.5, 0.6) is 5.75 Å². The van der Waals surface area contributed by atoms with Gasteiger partial charge in [-0.15, -0.1) is 0 Å². The molecule has 0 aliphatic heterocycles. The van der Waals surface area contributed by atoms with Crippen molar-refractivity contribution in [3.8, 4) is 5.75 Å². The second-order valence-electron chi connectivity index (χ2n) is 5.37. The van der Waals surface area contributed by atoms with Crippen molar-refractivity contribution in [2.75, 3.05) is 19.9 Å². The molecule has 2 aromatic rings. The van der Waals surface area contributed by atoms with Crippen molar-refractivity contribution in [2.45, 2.75) is 20.4 Å². The number of nitrogen functional groups attached to an aromatic ring is 1. The number of hydrogen-bond acceptors (Lipinski definition) is 4. The van der Waals surface area contributed by atoms with Gasteiger partial charge in [0.2, 0.25) is 11.9 Å². The summed E-state index contributed by atoms with van der Waals surface area (Å²) in [7, 11) is 3.24. The third-order valence-electron chi connectivity index (χ3n) is 3.38. The maximum absolute atomic E-state index is 11.9. The summed E-state index contributed by atoms with van der Waals surface area (Å²) in [6.45, 7) is 4.21. The number of nitrogens with zero attached hydrogens (tertiary/aromatic N) is 2. The maximum atomic E-state index is 11.9. The van der Waals surface area contributed by atoms with Crippen LogP contribution >= 0.6 is 0 Å². The molecular weight excluding hydrogens is 256 g/mol. The van der Waals surface area contributed by atoms with Crippen LogP contribution in [-0.4, -0.2) is 29.6 Å². The van der Waals surface area contributed by atoms with E-state index >= 15 is 0 Å². The summed E-state index contributed by atoms with van der Waals surface area (Å²) in [5, 5.41) is 2.67. The van der Waals surface area contributed by atoms with Crippen molar-refractivity contribution in [1.82, 2.24) is 14.9 Å². The lowest BCUT2D eigenvalue weighted by Gasteiger charge is -2.23. The number of rotatable bonds is 4. The predicted octanol–water partition coefficient (Wildman–Crippen LogP) is 1.40. The zero-order valence-electron chi connectivity index (χ0n) is 12.2. The van der Waals surface area contributed by atoms with Crippen molar-refractivity contribution in [1.29, 1.82) is 0 Å². The Morgan fingerprint density at radius 3 is 2.80 bits per heavy atom. The average Bonchev–Trinajstić information content (AvgIpc) is 2.72. The first kappa shape index (κ1) is 14.2. The van der Waals surface area contributed by atoms with E-state index in [1.54, 1.807) is 14.2 Å². The van der Waals surface area contributed by atoms with Gasteiger partial charge in [-0.1, -0.05) is 0 Å². The highest BCUT2D eigenvalue weighted by atomic mass is 16.5. The molecule has 108 valence electrons. The minimum absolute atomic E-state index is 0.0349. The average molecular weight is 276 g/mol. The number of imidazole rings is 1. The van der Waals surface area contributed by atoms with Crippen molar-refractivity contribution < 1.29 is 9.53 Å². The van der Waals surface area contributed by atoms with E-state index in [-0.39, 0.29) is 5.91 Å². The van der Waals surface area contributed by atoms with Crippen molar-refractivity contribution >= 4 is 22.9 Å². The quantitative estimate of drug-likeness (QED) is 0.884. The van der Waals surface area contributed by atoms with Crippen molar-refractivity contribution in [2.24, 2.45) is 5.41 Å². The topological polar surface area (TPSA) is 82.2 Å². The zero-order valence-corrected chi connectivity index (χ0v) is 12.2. The molecule has 1 aromatic heterocycles. The minimum atomic E-state index is -0.573.